The Morgan fingerprint density at radius 2 is 1.93 bits per heavy atom. The van der Waals surface area contributed by atoms with E-state index in [1.807, 2.05) is 30.3 Å². The van der Waals surface area contributed by atoms with Gasteiger partial charge in [0.05, 0.1) is 18.1 Å². The molecule has 27 heavy (non-hydrogen) atoms. The first-order valence-corrected chi connectivity index (χ1v) is 10.5. The Morgan fingerprint density at radius 1 is 1.19 bits per heavy atom. The zero-order chi connectivity index (χ0) is 19.4. The Morgan fingerprint density at radius 3 is 2.63 bits per heavy atom. The summed E-state index contributed by atoms with van der Waals surface area (Å²) in [5.41, 5.74) is 0.539. The Hall–Kier alpha value is -2.45. The smallest absolute Gasteiger partial charge is 0.313 e. The van der Waals surface area contributed by atoms with Gasteiger partial charge in [0.2, 0.25) is 0 Å². The zero-order valence-corrected chi connectivity index (χ0v) is 15.9. The van der Waals surface area contributed by atoms with E-state index in [-0.39, 0.29) is 24.7 Å². The van der Waals surface area contributed by atoms with Crippen molar-refractivity contribution in [3.63, 3.8) is 0 Å². The maximum atomic E-state index is 12.8. The first-order chi connectivity index (χ1) is 12.9. The Kier molecular flexibility index (Phi) is 5.76. The minimum atomic E-state index is -3.18. The second kappa shape index (κ2) is 8.06. The lowest BCUT2D eigenvalue weighted by molar-refractivity contribution is -0.144. The van der Waals surface area contributed by atoms with Gasteiger partial charge in [0.1, 0.15) is 0 Å². The summed E-state index contributed by atoms with van der Waals surface area (Å²) in [6, 6.07) is 12.5. The first kappa shape index (κ1) is 19.3. The number of benzene rings is 2. The molecule has 8 heteroatoms. The van der Waals surface area contributed by atoms with Crippen molar-refractivity contribution in [3.8, 4) is 0 Å². The molecular weight excluding hydrogens is 368 g/mol. The van der Waals surface area contributed by atoms with Gasteiger partial charge < -0.3 is 15.0 Å². The minimum Gasteiger partial charge on any atom is -0.383 e. The van der Waals surface area contributed by atoms with E-state index in [1.165, 1.54) is 12.0 Å². The quantitative estimate of drug-likeness (QED) is 0.780. The van der Waals surface area contributed by atoms with Crippen molar-refractivity contribution >= 4 is 38.1 Å². The number of hydrogen-bond acceptors (Lipinski definition) is 5. The number of fused-ring (bicyclic) bond motifs is 1. The van der Waals surface area contributed by atoms with E-state index < -0.39 is 27.7 Å². The number of carbonyl (C=O) groups excluding carboxylic acids is 2. The minimum absolute atomic E-state index is 0.0272. The summed E-state index contributed by atoms with van der Waals surface area (Å²) in [6.45, 7) is 0.391. The SMILES string of the molecule is COCCN(C(=O)C(=O)Nc1cccc2ccccc12)C1CCS(=O)(=O)C1. The molecule has 2 aromatic rings. The Balaban J connectivity index is 1.79. The number of rotatable bonds is 5. The molecule has 0 aromatic heterocycles. The van der Waals surface area contributed by atoms with Crippen molar-refractivity contribution in [2.24, 2.45) is 0 Å². The van der Waals surface area contributed by atoms with Gasteiger partial charge in [-0.25, -0.2) is 8.42 Å². The fraction of sp³-hybridized carbons (Fsp3) is 0.368. The maximum Gasteiger partial charge on any atom is 0.313 e. The molecule has 0 aliphatic carbocycles. The van der Waals surface area contributed by atoms with Crippen LogP contribution >= 0.6 is 0 Å². The highest BCUT2D eigenvalue weighted by molar-refractivity contribution is 7.91. The molecule has 2 amide bonds. The second-order valence-electron chi connectivity index (χ2n) is 6.53. The predicted octanol–water partition coefficient (Wildman–Crippen LogP) is 1.44. The summed E-state index contributed by atoms with van der Waals surface area (Å²) < 4.78 is 28.6. The fourth-order valence-corrected chi connectivity index (χ4v) is 5.03. The lowest BCUT2D eigenvalue weighted by Gasteiger charge is -2.27. The number of anilines is 1. The van der Waals surface area contributed by atoms with Gasteiger partial charge in [-0.1, -0.05) is 36.4 Å². The highest BCUT2D eigenvalue weighted by atomic mass is 32.2. The van der Waals surface area contributed by atoms with Crippen LogP contribution in [-0.4, -0.2) is 62.9 Å². The van der Waals surface area contributed by atoms with Crippen LogP contribution in [0.1, 0.15) is 6.42 Å². The molecule has 1 atom stereocenters. The average molecular weight is 390 g/mol. The number of methoxy groups -OCH3 is 1. The molecule has 1 N–H and O–H groups in total. The van der Waals surface area contributed by atoms with E-state index in [4.69, 9.17) is 4.74 Å². The predicted molar refractivity (Wildman–Crippen MR) is 103 cm³/mol. The molecular formula is C19H22N2O5S. The highest BCUT2D eigenvalue weighted by Crippen LogP contribution is 2.23. The number of sulfone groups is 1. The van der Waals surface area contributed by atoms with Gasteiger partial charge in [-0.2, -0.15) is 0 Å². The third kappa shape index (κ3) is 4.45. The van der Waals surface area contributed by atoms with Crippen molar-refractivity contribution in [3.05, 3.63) is 42.5 Å². The van der Waals surface area contributed by atoms with Crippen LogP contribution in [0, 0.1) is 0 Å². The Labute approximate surface area is 158 Å². The van der Waals surface area contributed by atoms with Gasteiger partial charge in [0.15, 0.2) is 9.84 Å². The van der Waals surface area contributed by atoms with E-state index in [9.17, 15) is 18.0 Å². The van der Waals surface area contributed by atoms with Crippen LogP contribution in [0.25, 0.3) is 10.8 Å². The largest absolute Gasteiger partial charge is 0.383 e. The van der Waals surface area contributed by atoms with Crippen LogP contribution in [-0.2, 0) is 24.2 Å². The molecule has 1 unspecified atom stereocenters. The van der Waals surface area contributed by atoms with Crippen molar-refractivity contribution in [1.82, 2.24) is 4.90 Å². The fourth-order valence-electron chi connectivity index (χ4n) is 3.30. The normalized spacial score (nSPS) is 18.3. The third-order valence-corrected chi connectivity index (χ3v) is 6.43. The standard InChI is InChI=1S/C19H22N2O5S/c1-26-11-10-21(15-9-12-27(24,25)13-15)19(23)18(22)20-17-8-4-6-14-5-2-3-7-16(14)17/h2-8,15H,9-13H2,1H3,(H,20,22). The highest BCUT2D eigenvalue weighted by Gasteiger charge is 2.36. The van der Waals surface area contributed by atoms with Crippen LogP contribution in [0.15, 0.2) is 42.5 Å². The number of carbonyl (C=O) groups is 2. The number of nitrogens with one attached hydrogen (secondary N) is 1. The third-order valence-electron chi connectivity index (χ3n) is 4.68. The lowest BCUT2D eigenvalue weighted by Crippen LogP contribution is -2.47. The summed E-state index contributed by atoms with van der Waals surface area (Å²) in [5.74, 6) is -1.63. The van der Waals surface area contributed by atoms with Gasteiger partial charge in [0, 0.05) is 30.8 Å². The summed E-state index contributed by atoms with van der Waals surface area (Å²) in [6.07, 6.45) is 0.333. The number of ether oxygens (including phenoxy) is 1. The molecule has 7 nitrogen and oxygen atoms in total. The molecule has 1 aliphatic rings. The molecule has 3 rings (SSSR count). The second-order valence-corrected chi connectivity index (χ2v) is 8.76. The van der Waals surface area contributed by atoms with Crippen molar-refractivity contribution in [1.29, 1.82) is 0 Å². The topological polar surface area (TPSA) is 92.8 Å². The van der Waals surface area contributed by atoms with E-state index in [2.05, 4.69) is 5.32 Å². The average Bonchev–Trinajstić information content (AvgIpc) is 3.01. The molecule has 0 saturated carbocycles. The van der Waals surface area contributed by atoms with Gasteiger partial charge in [0.25, 0.3) is 0 Å². The van der Waals surface area contributed by atoms with Crippen LogP contribution < -0.4 is 5.32 Å². The van der Waals surface area contributed by atoms with Gasteiger partial charge in [-0.3, -0.25) is 9.59 Å². The molecule has 0 radical (unpaired) electrons. The summed E-state index contributed by atoms with van der Waals surface area (Å²) >= 11 is 0. The summed E-state index contributed by atoms with van der Waals surface area (Å²) in [4.78, 5) is 26.7. The van der Waals surface area contributed by atoms with E-state index in [1.54, 1.807) is 12.1 Å². The van der Waals surface area contributed by atoms with Gasteiger partial charge >= 0.3 is 11.8 Å². The van der Waals surface area contributed by atoms with Crippen molar-refractivity contribution in [2.75, 3.05) is 37.1 Å². The van der Waals surface area contributed by atoms with Crippen LogP contribution in [0.2, 0.25) is 0 Å². The van der Waals surface area contributed by atoms with Gasteiger partial charge in [-0.15, -0.1) is 0 Å². The Bertz CT molecular complexity index is 952. The molecule has 0 bridgehead atoms. The van der Waals surface area contributed by atoms with E-state index in [0.29, 0.717) is 12.1 Å². The summed E-state index contributed by atoms with van der Waals surface area (Å²) in [7, 11) is -1.69. The number of nitrogens with zero attached hydrogens (tertiary/aromatic N) is 1. The maximum absolute atomic E-state index is 12.8. The molecule has 1 fully saturated rings. The van der Waals surface area contributed by atoms with E-state index in [0.717, 1.165) is 10.8 Å². The number of hydrogen-bond donors (Lipinski definition) is 1. The molecule has 1 saturated heterocycles. The molecule has 1 heterocycles. The van der Waals surface area contributed by atoms with Crippen molar-refractivity contribution < 1.29 is 22.7 Å². The first-order valence-electron chi connectivity index (χ1n) is 8.70. The van der Waals surface area contributed by atoms with Crippen LogP contribution in [0.4, 0.5) is 5.69 Å². The van der Waals surface area contributed by atoms with Gasteiger partial charge in [-0.05, 0) is 17.9 Å². The molecule has 2 aromatic carbocycles. The molecule has 1 aliphatic heterocycles. The van der Waals surface area contributed by atoms with Crippen LogP contribution in [0.3, 0.4) is 0 Å². The number of amides is 2. The van der Waals surface area contributed by atoms with Crippen molar-refractivity contribution in [2.45, 2.75) is 12.5 Å². The molecule has 0 spiro atoms. The lowest BCUT2D eigenvalue weighted by atomic mass is 10.1. The monoisotopic (exact) mass is 390 g/mol. The summed E-state index contributed by atoms with van der Waals surface area (Å²) in [5, 5.41) is 4.44. The zero-order valence-electron chi connectivity index (χ0n) is 15.1. The van der Waals surface area contributed by atoms with Crippen LogP contribution in [0.5, 0.6) is 0 Å². The molecule has 144 valence electrons. The van der Waals surface area contributed by atoms with E-state index >= 15 is 0 Å².